The van der Waals surface area contributed by atoms with E-state index in [2.05, 4.69) is 4.90 Å². The first-order valence-corrected chi connectivity index (χ1v) is 12.3. The van der Waals surface area contributed by atoms with Gasteiger partial charge in [-0.15, -0.1) is 12.4 Å². The zero-order valence-corrected chi connectivity index (χ0v) is 21.4. The highest BCUT2D eigenvalue weighted by atomic mass is 35.5. The van der Waals surface area contributed by atoms with Crippen LogP contribution in [-0.2, 0) is 13.1 Å². The first-order chi connectivity index (χ1) is 17.0. The molecule has 188 valence electrons. The standard InChI is InChI=1S/C28H27ClFN3O2.ClH/c29-24-6-2-1-5-22(24)19-33-26-8-4-3-7-25(26)32(28(33)35)18-17-31-15-13-21(14-16-31)27(34)20-9-11-23(30)12-10-20;/h1-12,21H,13-19H2;1H. The van der Waals surface area contributed by atoms with Gasteiger partial charge >= 0.3 is 5.69 Å². The topological polar surface area (TPSA) is 47.2 Å². The number of rotatable bonds is 7. The number of imidazole rings is 1. The number of aromatic nitrogens is 2. The van der Waals surface area contributed by atoms with Crippen molar-refractivity contribution >= 4 is 40.8 Å². The molecule has 0 atom stereocenters. The molecule has 5 nitrogen and oxygen atoms in total. The maximum atomic E-state index is 13.4. The Balaban J connectivity index is 0.00000304. The van der Waals surface area contributed by atoms with Crippen LogP contribution in [-0.4, -0.2) is 39.5 Å². The molecular formula is C28H28Cl2FN3O2. The number of benzene rings is 3. The summed E-state index contributed by atoms with van der Waals surface area (Å²) in [6.45, 7) is 3.32. The summed E-state index contributed by atoms with van der Waals surface area (Å²) >= 11 is 6.36. The summed E-state index contributed by atoms with van der Waals surface area (Å²) in [5.41, 5.74) is 3.23. The number of hydrogen-bond acceptors (Lipinski definition) is 3. The number of hydrogen-bond donors (Lipinski definition) is 0. The van der Waals surface area contributed by atoms with Crippen LogP contribution in [0.15, 0.2) is 77.6 Å². The average Bonchev–Trinajstić information content (AvgIpc) is 3.15. The third-order valence-corrected chi connectivity index (χ3v) is 7.31. The van der Waals surface area contributed by atoms with E-state index in [0.29, 0.717) is 23.7 Å². The number of piperidine rings is 1. The second-order valence-electron chi connectivity index (χ2n) is 9.09. The van der Waals surface area contributed by atoms with Crippen molar-refractivity contribution in [2.24, 2.45) is 5.92 Å². The zero-order valence-electron chi connectivity index (χ0n) is 19.8. The van der Waals surface area contributed by atoms with Gasteiger partial charge in [-0.3, -0.25) is 13.9 Å². The molecule has 5 rings (SSSR count). The second kappa shape index (κ2) is 11.4. The van der Waals surface area contributed by atoms with Gasteiger partial charge in [-0.1, -0.05) is 41.9 Å². The van der Waals surface area contributed by atoms with Crippen LogP contribution >= 0.6 is 24.0 Å². The number of nitrogens with zero attached hydrogens (tertiary/aromatic N) is 3. The molecule has 0 bridgehead atoms. The molecule has 1 fully saturated rings. The molecule has 0 amide bonds. The number of ketones is 1. The van der Waals surface area contributed by atoms with Gasteiger partial charge in [-0.25, -0.2) is 9.18 Å². The van der Waals surface area contributed by atoms with Gasteiger partial charge < -0.3 is 4.90 Å². The molecule has 0 radical (unpaired) electrons. The van der Waals surface area contributed by atoms with Crippen molar-refractivity contribution in [3.8, 4) is 0 Å². The molecule has 1 aromatic heterocycles. The third-order valence-electron chi connectivity index (χ3n) is 6.94. The minimum Gasteiger partial charge on any atom is -0.302 e. The monoisotopic (exact) mass is 527 g/mol. The van der Waals surface area contributed by atoms with E-state index < -0.39 is 0 Å². The van der Waals surface area contributed by atoms with Gasteiger partial charge in [0.1, 0.15) is 5.82 Å². The Bertz CT molecular complexity index is 1410. The fourth-order valence-corrected chi connectivity index (χ4v) is 5.14. The predicted molar refractivity (Wildman–Crippen MR) is 144 cm³/mol. The maximum absolute atomic E-state index is 13.4. The number of carbonyl (C=O) groups is 1. The Morgan fingerprint density at radius 1 is 0.861 bits per heavy atom. The molecule has 3 aromatic carbocycles. The van der Waals surface area contributed by atoms with Gasteiger partial charge in [0.25, 0.3) is 0 Å². The summed E-state index contributed by atoms with van der Waals surface area (Å²) in [6, 6.07) is 21.2. The molecule has 0 unspecified atom stereocenters. The normalized spacial score (nSPS) is 14.6. The fourth-order valence-electron chi connectivity index (χ4n) is 4.95. The highest BCUT2D eigenvalue weighted by Crippen LogP contribution is 2.23. The summed E-state index contributed by atoms with van der Waals surface area (Å²) in [4.78, 5) is 28.5. The van der Waals surface area contributed by atoms with E-state index in [4.69, 9.17) is 11.6 Å². The maximum Gasteiger partial charge on any atom is 0.329 e. The summed E-state index contributed by atoms with van der Waals surface area (Å²) in [5.74, 6) is -0.291. The van der Waals surface area contributed by atoms with Crippen molar-refractivity contribution < 1.29 is 9.18 Å². The molecule has 2 heterocycles. The van der Waals surface area contributed by atoms with E-state index >= 15 is 0 Å². The first kappa shape index (κ1) is 26.1. The molecule has 4 aromatic rings. The molecule has 1 aliphatic heterocycles. The fraction of sp³-hybridized carbons (Fsp3) is 0.286. The van der Waals surface area contributed by atoms with Gasteiger partial charge in [0.2, 0.25) is 0 Å². The Hall–Kier alpha value is -2.93. The van der Waals surface area contributed by atoms with Crippen LogP contribution in [0.1, 0.15) is 28.8 Å². The van der Waals surface area contributed by atoms with Crippen LogP contribution in [0.2, 0.25) is 5.02 Å². The van der Waals surface area contributed by atoms with E-state index in [-0.39, 0.29) is 35.6 Å². The highest BCUT2D eigenvalue weighted by molar-refractivity contribution is 6.31. The largest absolute Gasteiger partial charge is 0.329 e. The Kier molecular flexibility index (Phi) is 8.29. The minimum atomic E-state index is -0.333. The molecule has 8 heteroatoms. The Labute approximate surface area is 220 Å². The lowest BCUT2D eigenvalue weighted by Crippen LogP contribution is -2.39. The molecular weight excluding hydrogens is 500 g/mol. The number of Topliss-reactive ketones (excluding diaryl/α,β-unsaturated/α-hetero) is 1. The Morgan fingerprint density at radius 2 is 1.47 bits per heavy atom. The second-order valence-corrected chi connectivity index (χ2v) is 9.49. The zero-order chi connectivity index (χ0) is 24.4. The van der Waals surface area contributed by atoms with Crippen molar-refractivity contribution in [1.82, 2.24) is 14.0 Å². The van der Waals surface area contributed by atoms with E-state index in [1.807, 2.05) is 53.1 Å². The quantitative estimate of drug-likeness (QED) is 0.291. The van der Waals surface area contributed by atoms with Crippen molar-refractivity contribution in [1.29, 1.82) is 0 Å². The van der Waals surface area contributed by atoms with Crippen LogP contribution in [0, 0.1) is 11.7 Å². The number of likely N-dealkylation sites (tertiary alicyclic amines) is 1. The molecule has 0 spiro atoms. The van der Waals surface area contributed by atoms with Gasteiger partial charge in [-0.05, 0) is 74.0 Å². The van der Waals surface area contributed by atoms with Gasteiger partial charge in [-0.2, -0.15) is 0 Å². The molecule has 0 aliphatic carbocycles. The number of fused-ring (bicyclic) bond motifs is 1. The molecule has 1 aliphatic rings. The van der Waals surface area contributed by atoms with Gasteiger partial charge in [0, 0.05) is 29.6 Å². The summed E-state index contributed by atoms with van der Waals surface area (Å²) in [6.07, 6.45) is 1.53. The molecule has 0 N–H and O–H groups in total. The number of carbonyl (C=O) groups excluding carboxylic acids is 1. The SMILES string of the molecule is Cl.O=C(c1ccc(F)cc1)C1CCN(CCn2c(=O)n(Cc3ccccc3Cl)c3ccccc32)CC1. The average molecular weight is 528 g/mol. The number of halogens is 3. The Morgan fingerprint density at radius 3 is 2.14 bits per heavy atom. The van der Waals surface area contributed by atoms with Crippen LogP contribution in [0.5, 0.6) is 0 Å². The molecule has 36 heavy (non-hydrogen) atoms. The summed E-state index contributed by atoms with van der Waals surface area (Å²) < 4.78 is 16.8. The van der Waals surface area contributed by atoms with Gasteiger partial charge in [0.15, 0.2) is 5.78 Å². The van der Waals surface area contributed by atoms with E-state index in [9.17, 15) is 14.0 Å². The lowest BCUT2D eigenvalue weighted by molar-refractivity contribution is 0.0837. The summed E-state index contributed by atoms with van der Waals surface area (Å²) in [7, 11) is 0. The van der Waals surface area contributed by atoms with Crippen molar-refractivity contribution in [3.05, 3.63) is 105 Å². The van der Waals surface area contributed by atoms with Crippen LogP contribution in [0.3, 0.4) is 0 Å². The lowest BCUT2D eigenvalue weighted by atomic mass is 9.89. The van der Waals surface area contributed by atoms with Crippen molar-refractivity contribution in [2.75, 3.05) is 19.6 Å². The summed E-state index contributed by atoms with van der Waals surface area (Å²) in [5, 5.41) is 0.647. The van der Waals surface area contributed by atoms with E-state index in [1.165, 1.54) is 12.1 Å². The van der Waals surface area contributed by atoms with Crippen molar-refractivity contribution in [3.63, 3.8) is 0 Å². The lowest BCUT2D eigenvalue weighted by Gasteiger charge is -2.31. The highest BCUT2D eigenvalue weighted by Gasteiger charge is 2.26. The van der Waals surface area contributed by atoms with E-state index in [1.54, 1.807) is 16.7 Å². The minimum absolute atomic E-state index is 0. The van der Waals surface area contributed by atoms with E-state index in [0.717, 1.165) is 49.1 Å². The smallest absolute Gasteiger partial charge is 0.302 e. The number of para-hydroxylation sites is 2. The van der Waals surface area contributed by atoms with Gasteiger partial charge in [0.05, 0.1) is 17.6 Å². The van der Waals surface area contributed by atoms with Crippen LogP contribution < -0.4 is 5.69 Å². The molecule has 1 saturated heterocycles. The van der Waals surface area contributed by atoms with Crippen LogP contribution in [0.4, 0.5) is 4.39 Å². The van der Waals surface area contributed by atoms with Crippen LogP contribution in [0.25, 0.3) is 11.0 Å². The third kappa shape index (κ3) is 5.41. The first-order valence-electron chi connectivity index (χ1n) is 11.9. The predicted octanol–water partition coefficient (Wildman–Crippen LogP) is 5.66. The molecule has 0 saturated carbocycles. The van der Waals surface area contributed by atoms with Crippen molar-refractivity contribution in [2.45, 2.75) is 25.9 Å².